The first-order valence-electron chi connectivity index (χ1n) is 44.9. The molecule has 2 fully saturated rings. The minimum atomic E-state index is -0.543. The van der Waals surface area contributed by atoms with Crippen molar-refractivity contribution in [1.29, 1.82) is 0 Å². The van der Waals surface area contributed by atoms with Gasteiger partial charge in [-0.15, -0.1) is 0 Å². The molecule has 16 rings (SSSR count). The van der Waals surface area contributed by atoms with Crippen LogP contribution in [-0.4, -0.2) is 213 Å². The number of rotatable bonds is 20. The summed E-state index contributed by atoms with van der Waals surface area (Å²) in [5, 5.41) is 25.9. The lowest BCUT2D eigenvalue weighted by atomic mass is 10.0. The number of carbonyl (C=O) groups excluding carboxylic acids is 9. The fourth-order valence-electron chi connectivity index (χ4n) is 14.5. The summed E-state index contributed by atoms with van der Waals surface area (Å²) in [5.74, 6) is 3.65. The number of H-pyrrole nitrogens is 7. The van der Waals surface area contributed by atoms with E-state index >= 15 is 0 Å². The Hall–Kier alpha value is -13.9. The predicted octanol–water partition coefficient (Wildman–Crippen LogP) is 17.5. The highest BCUT2D eigenvalue weighted by Gasteiger charge is 2.70. The van der Waals surface area contributed by atoms with Gasteiger partial charge in [0.05, 0.1) is 82.6 Å². The molecule has 1 aliphatic carbocycles. The molecule has 3 atom stereocenters. The molecule has 14 aromatic rings. The van der Waals surface area contributed by atoms with Gasteiger partial charge in [-0.05, 0) is 252 Å². The smallest absolute Gasteiger partial charge is 0.410 e. The number of hydrogen-bond donors (Lipinski definition) is 15. The first-order chi connectivity index (χ1) is 64.6. The lowest BCUT2D eigenvalue weighted by Gasteiger charge is -2.32. The van der Waals surface area contributed by atoms with Crippen molar-refractivity contribution in [3.05, 3.63) is 195 Å². The van der Waals surface area contributed by atoms with E-state index in [1.54, 1.807) is 75.8 Å². The zero-order valence-corrected chi connectivity index (χ0v) is 84.1. The summed E-state index contributed by atoms with van der Waals surface area (Å²) in [7, 11) is 6.37. The highest BCUT2D eigenvalue weighted by Crippen LogP contribution is 2.65. The average Bonchev–Trinajstić information content (AvgIpc) is 1.52. The summed E-state index contributed by atoms with van der Waals surface area (Å²) in [4.78, 5) is 151. The van der Waals surface area contributed by atoms with E-state index in [0.29, 0.717) is 102 Å². The number of imidazole rings is 5. The van der Waals surface area contributed by atoms with Crippen LogP contribution in [0.25, 0.3) is 77.0 Å². The number of fused-ring (bicyclic) bond motifs is 8. The molecule has 15 N–H and O–H groups in total. The van der Waals surface area contributed by atoms with Gasteiger partial charge >= 0.3 is 6.09 Å². The number of methoxy groups -OCH3 is 4. The van der Waals surface area contributed by atoms with E-state index in [9.17, 15) is 43.2 Å². The van der Waals surface area contributed by atoms with Gasteiger partial charge in [-0.3, -0.25) is 43.3 Å². The van der Waals surface area contributed by atoms with E-state index in [-0.39, 0.29) is 119 Å². The summed E-state index contributed by atoms with van der Waals surface area (Å²) in [6, 6.07) is 42.4. The van der Waals surface area contributed by atoms with E-state index in [0.717, 1.165) is 60.7 Å². The van der Waals surface area contributed by atoms with Gasteiger partial charge in [0.15, 0.2) is 29.1 Å². The van der Waals surface area contributed by atoms with Crippen LogP contribution in [0.4, 0.5) is 4.79 Å². The Morgan fingerprint density at radius 1 is 0.372 bits per heavy atom. The molecule has 1 saturated heterocycles. The third kappa shape index (κ3) is 29.1. The Bertz CT molecular complexity index is 6300. The second kappa shape index (κ2) is 47.5. The minimum absolute atomic E-state index is 0.0612. The van der Waals surface area contributed by atoms with Crippen LogP contribution >= 0.6 is 34.8 Å². The standard InChI is InChI=1S/C16H28N2O3.C13H15ClN2O2.C13H16N2O2.2C12H15N3O2.2C11H12ClN3O.C11H13N3O/c1-9(2)17-13(19)12-11-10(16(11,6)7)8-18(12)14(20)21-15(3,4)5;1-7(2)15-13(17)10-6-8-11(18-3)5-4-9(14)12(8)16-10;1-8(2)14-13(16)11-7-9-10(15-11)5-4-6-12(9)17-3;2*1-7(2)13-12(16)11-14-8-5-4-6-9(17-3)10(8)15-11;1-6(2)13-11(16)10-14-8-4-3-7(12)5-9(8)15-10;1-6(2)13-11(16)10-14-8-5-3-4-7(12)9(8)15-10;1-7(2)12-11(15)10-13-8-5-3-4-6-9(8)14-10/h9-12H,8H2,1-7H3,(H,17,19);4-7,16H,1-3H3,(H,15,17);4-8,15H,1-3H3,(H,14,16);2*4-7H,1-3H3,(H,13,16)(H,14,15);2*3-6H,1-2H3,(H,13,16)(H,14,15);3-7H,1-2H3,(H,12,15)(H,13,14). The van der Waals surface area contributed by atoms with Crippen LogP contribution in [0.2, 0.25) is 15.1 Å². The number of aromatic nitrogens is 12. The number of ether oxygens (including phenoxy) is 5. The topological polar surface area (TPSA) is 474 Å². The molecule has 137 heavy (non-hydrogen) atoms. The first-order valence-corrected chi connectivity index (χ1v) is 46.0. The molecular formula is C99H126Cl3N21O14. The Labute approximate surface area is 810 Å². The maximum absolute atomic E-state index is 12.5. The number of piperidine rings is 1. The number of nitrogens with zero attached hydrogens (tertiary/aromatic N) is 6. The molecule has 0 radical (unpaired) electrons. The van der Waals surface area contributed by atoms with Gasteiger partial charge in [0.25, 0.3) is 41.4 Å². The maximum Gasteiger partial charge on any atom is 0.410 e. The first kappa shape index (κ1) is 107. The molecule has 732 valence electrons. The largest absolute Gasteiger partial charge is 0.496 e. The summed E-state index contributed by atoms with van der Waals surface area (Å²) < 4.78 is 26.3. The average molecular weight is 1940 g/mol. The van der Waals surface area contributed by atoms with Crippen LogP contribution in [0.3, 0.4) is 0 Å². The fraction of sp³-hybridized carbons (Fsp3) is 0.394. The Balaban J connectivity index is 0.000000176. The van der Waals surface area contributed by atoms with Gasteiger partial charge in [-0.2, -0.15) is 0 Å². The van der Waals surface area contributed by atoms with Crippen molar-refractivity contribution >= 4 is 165 Å². The normalized spacial score (nSPS) is 13.8. The molecular weight excluding hydrogens is 1810 g/mol. The summed E-state index contributed by atoms with van der Waals surface area (Å²) in [6.45, 7) is 41.1. The van der Waals surface area contributed by atoms with Gasteiger partial charge in [-0.25, -0.2) is 29.7 Å². The molecule has 38 heteroatoms. The van der Waals surface area contributed by atoms with E-state index < -0.39 is 11.6 Å². The molecule has 3 unspecified atom stereocenters. The number of likely N-dealkylation sites (tertiary alicyclic amines) is 1. The van der Waals surface area contributed by atoms with E-state index in [4.69, 9.17) is 58.5 Å². The van der Waals surface area contributed by atoms with Crippen LogP contribution < -0.4 is 61.5 Å². The van der Waals surface area contributed by atoms with Crippen LogP contribution in [-0.2, 0) is 9.53 Å². The SMILES string of the molecule is CC(C)NC(=O)C1C2C(CN1C(=O)OC(C)(C)C)C2(C)C.CC(C)NC(=O)c1nc2c(Cl)cccc2[nH]1.CC(C)NC(=O)c1nc2ccc(Cl)cc2[nH]1.CC(C)NC(=O)c1nc2ccccc2[nH]1.COc1ccc(Cl)c2[nH]c(C(=O)NC(C)C)cc12.COc1cccc2[nH]c(C(=O)NC(C)C)cc12.COc1cccc2[nH]c(C(=O)NC(C)C)nc12.COc1cccc2[nH]c(C(=O)NC(C)C)nc12. The number of nitrogens with one attached hydrogen (secondary N) is 15. The highest BCUT2D eigenvalue weighted by molar-refractivity contribution is 6.36. The second-order valence-corrected chi connectivity index (χ2v) is 37.6. The third-order valence-electron chi connectivity index (χ3n) is 20.5. The van der Waals surface area contributed by atoms with Crippen molar-refractivity contribution in [2.45, 2.75) is 205 Å². The van der Waals surface area contributed by atoms with Crippen LogP contribution in [0.1, 0.15) is 219 Å². The summed E-state index contributed by atoms with van der Waals surface area (Å²) >= 11 is 17.9. The number of halogens is 3. The van der Waals surface area contributed by atoms with E-state index in [1.165, 1.54) is 0 Å². The van der Waals surface area contributed by atoms with Gasteiger partial charge in [0.2, 0.25) is 5.91 Å². The van der Waals surface area contributed by atoms with E-state index in [1.807, 2.05) is 229 Å². The van der Waals surface area contributed by atoms with Gasteiger partial charge in [0, 0.05) is 76.2 Å². The monoisotopic (exact) mass is 1940 g/mol. The Morgan fingerprint density at radius 2 is 0.737 bits per heavy atom. The van der Waals surface area contributed by atoms with Crippen molar-refractivity contribution in [1.82, 2.24) is 107 Å². The van der Waals surface area contributed by atoms with Crippen molar-refractivity contribution in [2.75, 3.05) is 35.0 Å². The molecule has 1 aliphatic heterocycles. The molecule has 7 aromatic heterocycles. The molecule has 1 saturated carbocycles. The number of benzene rings is 7. The zero-order valence-electron chi connectivity index (χ0n) is 81.9. The quantitative estimate of drug-likeness (QED) is 0.0337. The van der Waals surface area contributed by atoms with E-state index in [2.05, 4.69) is 116 Å². The number of aromatic amines is 7. The molecule has 2 aliphatic rings. The van der Waals surface area contributed by atoms with Crippen LogP contribution in [0.15, 0.2) is 140 Å². The lowest BCUT2D eigenvalue weighted by Crippen LogP contribution is -2.52. The molecule has 35 nitrogen and oxygen atoms in total. The van der Waals surface area contributed by atoms with Crippen molar-refractivity contribution < 1.29 is 66.8 Å². The number of carbonyl (C=O) groups is 9. The van der Waals surface area contributed by atoms with Crippen LogP contribution in [0.5, 0.6) is 23.0 Å². The summed E-state index contributed by atoms with van der Waals surface area (Å²) in [6.07, 6.45) is -0.380. The number of para-hydroxylation sites is 5. The predicted molar refractivity (Wildman–Crippen MR) is 537 cm³/mol. The van der Waals surface area contributed by atoms with Gasteiger partial charge in [-0.1, -0.05) is 85.0 Å². The number of amides is 9. The number of hydrogen-bond acceptors (Lipinski definition) is 19. The molecule has 0 bridgehead atoms. The Kier molecular flexibility index (Phi) is 37.0. The molecule has 7 aromatic carbocycles. The summed E-state index contributed by atoms with van der Waals surface area (Å²) in [5.41, 5.74) is 9.74. The zero-order chi connectivity index (χ0) is 101. The van der Waals surface area contributed by atoms with Crippen LogP contribution in [0, 0.1) is 17.3 Å². The fourth-order valence-corrected chi connectivity index (χ4v) is 15.1. The molecule has 8 heterocycles. The molecule has 9 amide bonds. The van der Waals surface area contributed by atoms with Crippen molar-refractivity contribution in [3.63, 3.8) is 0 Å². The third-order valence-corrected chi connectivity index (χ3v) is 21.3. The molecule has 0 spiro atoms. The highest BCUT2D eigenvalue weighted by atomic mass is 35.5. The Morgan fingerprint density at radius 3 is 1.18 bits per heavy atom. The maximum atomic E-state index is 12.5. The van der Waals surface area contributed by atoms with Crippen molar-refractivity contribution in [2.24, 2.45) is 17.3 Å². The van der Waals surface area contributed by atoms with Crippen molar-refractivity contribution in [3.8, 4) is 23.0 Å². The van der Waals surface area contributed by atoms with Gasteiger partial charge in [0.1, 0.15) is 62.6 Å². The second-order valence-electron chi connectivity index (χ2n) is 36.4. The lowest BCUT2D eigenvalue weighted by molar-refractivity contribution is -0.127. The minimum Gasteiger partial charge on any atom is -0.496 e. The van der Waals surface area contributed by atoms with Gasteiger partial charge < -0.3 is 101 Å².